The standard InChI is InChI=1S/C9H15NO2/c1-5(2)9(12)6-4-7(6)10(3)8(9)11/h5-7,12H,4H2,1-3H3/t6?,7-,9+/m0/s1. The molecule has 0 aromatic rings. The van der Waals surface area contributed by atoms with Crippen molar-refractivity contribution in [1.29, 1.82) is 0 Å². The fraction of sp³-hybridized carbons (Fsp3) is 0.889. The summed E-state index contributed by atoms with van der Waals surface area (Å²) in [5.41, 5.74) is -1.06. The molecule has 3 nitrogen and oxygen atoms in total. The summed E-state index contributed by atoms with van der Waals surface area (Å²) in [7, 11) is 1.79. The van der Waals surface area contributed by atoms with Crippen LogP contribution in [0, 0.1) is 11.8 Å². The number of likely N-dealkylation sites (N-methyl/N-ethyl adjacent to an activating group) is 1. The molecule has 68 valence electrons. The average Bonchev–Trinajstić information content (AvgIpc) is 2.74. The van der Waals surface area contributed by atoms with Crippen LogP contribution in [-0.4, -0.2) is 34.6 Å². The SMILES string of the molecule is CC(C)[C@]1(O)C(=O)N(C)[C@H]2CC21. The summed E-state index contributed by atoms with van der Waals surface area (Å²) in [6.45, 7) is 3.82. The minimum atomic E-state index is -1.06. The second kappa shape index (κ2) is 2.02. The number of carbonyl (C=O) groups is 1. The number of aliphatic hydroxyl groups is 1. The van der Waals surface area contributed by atoms with Crippen molar-refractivity contribution in [3.63, 3.8) is 0 Å². The number of likely N-dealkylation sites (tertiary alicyclic amines) is 1. The molecule has 1 aliphatic heterocycles. The molecular weight excluding hydrogens is 154 g/mol. The zero-order chi connectivity index (χ0) is 9.09. The van der Waals surface area contributed by atoms with Crippen molar-refractivity contribution in [2.75, 3.05) is 7.05 Å². The van der Waals surface area contributed by atoms with Gasteiger partial charge in [-0.2, -0.15) is 0 Å². The first-order valence-corrected chi connectivity index (χ1v) is 4.49. The molecule has 12 heavy (non-hydrogen) atoms. The first kappa shape index (κ1) is 8.05. The average molecular weight is 169 g/mol. The van der Waals surface area contributed by atoms with Crippen molar-refractivity contribution in [2.24, 2.45) is 11.8 Å². The van der Waals surface area contributed by atoms with Crippen LogP contribution >= 0.6 is 0 Å². The number of hydrogen-bond acceptors (Lipinski definition) is 2. The molecule has 0 aromatic heterocycles. The fourth-order valence-electron chi connectivity index (χ4n) is 2.35. The highest BCUT2D eigenvalue weighted by molar-refractivity contribution is 5.90. The molecule has 0 aromatic carbocycles. The van der Waals surface area contributed by atoms with Gasteiger partial charge < -0.3 is 10.0 Å². The topological polar surface area (TPSA) is 40.5 Å². The minimum Gasteiger partial charge on any atom is -0.379 e. The van der Waals surface area contributed by atoms with Crippen LogP contribution in [0.3, 0.4) is 0 Å². The number of fused-ring (bicyclic) bond motifs is 1. The van der Waals surface area contributed by atoms with Crippen molar-refractivity contribution in [2.45, 2.75) is 31.9 Å². The number of rotatable bonds is 1. The Hall–Kier alpha value is -0.570. The molecule has 0 bridgehead atoms. The molecule has 0 spiro atoms. The van der Waals surface area contributed by atoms with E-state index in [0.29, 0.717) is 6.04 Å². The Kier molecular flexibility index (Phi) is 1.35. The van der Waals surface area contributed by atoms with Crippen LogP contribution < -0.4 is 0 Å². The van der Waals surface area contributed by atoms with E-state index in [1.54, 1.807) is 11.9 Å². The molecule has 2 aliphatic rings. The lowest BCUT2D eigenvalue weighted by Crippen LogP contribution is -2.47. The first-order chi connectivity index (χ1) is 5.49. The van der Waals surface area contributed by atoms with Gasteiger partial charge in [-0.05, 0) is 12.3 Å². The predicted octanol–water partition coefficient (Wildman–Crippen LogP) is 0.234. The van der Waals surface area contributed by atoms with E-state index in [2.05, 4.69) is 0 Å². The molecule has 1 aliphatic carbocycles. The maximum absolute atomic E-state index is 11.6. The van der Waals surface area contributed by atoms with E-state index in [9.17, 15) is 9.90 Å². The van der Waals surface area contributed by atoms with E-state index in [1.165, 1.54) is 0 Å². The number of hydrogen-bond donors (Lipinski definition) is 1. The van der Waals surface area contributed by atoms with Crippen molar-refractivity contribution < 1.29 is 9.90 Å². The van der Waals surface area contributed by atoms with Gasteiger partial charge in [-0.3, -0.25) is 4.79 Å². The summed E-state index contributed by atoms with van der Waals surface area (Å²) in [5, 5.41) is 10.1. The third-order valence-corrected chi connectivity index (χ3v) is 3.36. The number of carbonyl (C=O) groups excluding carboxylic acids is 1. The van der Waals surface area contributed by atoms with Crippen LogP contribution in [-0.2, 0) is 4.79 Å². The largest absolute Gasteiger partial charge is 0.379 e. The van der Waals surface area contributed by atoms with Gasteiger partial charge in [0.1, 0.15) is 5.60 Å². The molecule has 3 heteroatoms. The van der Waals surface area contributed by atoms with E-state index in [0.717, 1.165) is 6.42 Å². The third-order valence-electron chi connectivity index (χ3n) is 3.36. The van der Waals surface area contributed by atoms with Gasteiger partial charge in [0.25, 0.3) is 5.91 Å². The van der Waals surface area contributed by atoms with Gasteiger partial charge in [0.05, 0.1) is 0 Å². The van der Waals surface area contributed by atoms with E-state index < -0.39 is 5.60 Å². The molecule has 3 atom stereocenters. The minimum absolute atomic E-state index is 0.0324. The van der Waals surface area contributed by atoms with Crippen LogP contribution in [0.15, 0.2) is 0 Å². The van der Waals surface area contributed by atoms with E-state index in [-0.39, 0.29) is 17.7 Å². The maximum Gasteiger partial charge on any atom is 0.255 e. The molecule has 1 amide bonds. The summed E-state index contributed by atoms with van der Waals surface area (Å²) in [6.07, 6.45) is 0.983. The number of piperidine rings is 1. The number of amides is 1. The molecule has 1 unspecified atom stereocenters. The predicted molar refractivity (Wildman–Crippen MR) is 44.5 cm³/mol. The van der Waals surface area contributed by atoms with Crippen molar-refractivity contribution >= 4 is 5.91 Å². The van der Waals surface area contributed by atoms with E-state index in [4.69, 9.17) is 0 Å². The van der Waals surface area contributed by atoms with Crippen LogP contribution in [0.25, 0.3) is 0 Å². The van der Waals surface area contributed by atoms with Crippen molar-refractivity contribution in [1.82, 2.24) is 4.90 Å². The van der Waals surface area contributed by atoms with Gasteiger partial charge in [-0.1, -0.05) is 13.8 Å². The second-order valence-electron chi connectivity index (χ2n) is 4.31. The molecule has 2 fully saturated rings. The summed E-state index contributed by atoms with van der Waals surface area (Å²) >= 11 is 0. The zero-order valence-corrected chi connectivity index (χ0v) is 7.74. The highest BCUT2D eigenvalue weighted by Crippen LogP contribution is 2.53. The maximum atomic E-state index is 11.6. The molecule has 1 N–H and O–H groups in total. The van der Waals surface area contributed by atoms with E-state index in [1.807, 2.05) is 13.8 Å². The Bertz CT molecular complexity index is 239. The number of nitrogens with zero attached hydrogens (tertiary/aromatic N) is 1. The first-order valence-electron chi connectivity index (χ1n) is 4.49. The summed E-state index contributed by atoms with van der Waals surface area (Å²) in [4.78, 5) is 13.3. The van der Waals surface area contributed by atoms with Crippen LogP contribution in [0.5, 0.6) is 0 Å². The third kappa shape index (κ3) is 0.678. The van der Waals surface area contributed by atoms with Gasteiger partial charge in [-0.25, -0.2) is 0 Å². The van der Waals surface area contributed by atoms with Gasteiger partial charge >= 0.3 is 0 Å². The van der Waals surface area contributed by atoms with Crippen molar-refractivity contribution in [3.8, 4) is 0 Å². The molecule has 0 radical (unpaired) electrons. The zero-order valence-electron chi connectivity index (χ0n) is 7.74. The highest BCUT2D eigenvalue weighted by atomic mass is 16.3. The normalized spacial score (nSPS) is 45.4. The Morgan fingerprint density at radius 1 is 1.67 bits per heavy atom. The highest BCUT2D eigenvalue weighted by Gasteiger charge is 2.67. The summed E-state index contributed by atoms with van der Waals surface area (Å²) in [5.74, 6) is 0.152. The van der Waals surface area contributed by atoms with Gasteiger partial charge in [0.2, 0.25) is 0 Å². The van der Waals surface area contributed by atoms with E-state index >= 15 is 0 Å². The lowest BCUT2D eigenvalue weighted by Gasteiger charge is -2.28. The molecule has 1 saturated carbocycles. The fourth-order valence-corrected chi connectivity index (χ4v) is 2.35. The Balaban J connectivity index is 2.32. The quantitative estimate of drug-likeness (QED) is 0.610. The molecule has 2 rings (SSSR count). The summed E-state index contributed by atoms with van der Waals surface area (Å²) in [6, 6.07) is 0.324. The Morgan fingerprint density at radius 2 is 2.25 bits per heavy atom. The Morgan fingerprint density at radius 3 is 2.50 bits per heavy atom. The van der Waals surface area contributed by atoms with Gasteiger partial charge in [-0.15, -0.1) is 0 Å². The van der Waals surface area contributed by atoms with Crippen LogP contribution in [0.1, 0.15) is 20.3 Å². The Labute approximate surface area is 72.4 Å². The van der Waals surface area contributed by atoms with Crippen LogP contribution in [0.4, 0.5) is 0 Å². The lowest BCUT2D eigenvalue weighted by atomic mass is 9.86. The van der Waals surface area contributed by atoms with Gasteiger partial charge in [0.15, 0.2) is 0 Å². The lowest BCUT2D eigenvalue weighted by molar-refractivity contribution is -0.150. The molecule has 1 saturated heterocycles. The monoisotopic (exact) mass is 169 g/mol. The molecular formula is C9H15NO2. The summed E-state index contributed by atoms with van der Waals surface area (Å²) < 4.78 is 0. The second-order valence-corrected chi connectivity index (χ2v) is 4.31. The van der Waals surface area contributed by atoms with Gasteiger partial charge in [0, 0.05) is 19.0 Å². The molecule has 1 heterocycles. The van der Waals surface area contributed by atoms with Crippen molar-refractivity contribution in [3.05, 3.63) is 0 Å². The van der Waals surface area contributed by atoms with Crippen LogP contribution in [0.2, 0.25) is 0 Å². The smallest absolute Gasteiger partial charge is 0.255 e.